The first kappa shape index (κ1) is 21.0. The average molecular weight is 416 g/mol. The number of likely N-dealkylation sites (tertiary alicyclic amines) is 1. The van der Waals surface area contributed by atoms with E-state index in [9.17, 15) is 18.0 Å². The highest BCUT2D eigenvalue weighted by Crippen LogP contribution is 2.20. The van der Waals surface area contributed by atoms with Crippen molar-refractivity contribution < 1.29 is 18.0 Å². The van der Waals surface area contributed by atoms with Gasteiger partial charge in [0.05, 0.1) is 6.26 Å². The Bertz CT molecular complexity index is 948. The maximum atomic E-state index is 13.3. The maximum Gasteiger partial charge on any atom is 0.252 e. The molecule has 8 heteroatoms. The van der Waals surface area contributed by atoms with Crippen molar-refractivity contribution in [2.24, 2.45) is 0 Å². The van der Waals surface area contributed by atoms with Gasteiger partial charge in [0.25, 0.3) is 5.91 Å². The van der Waals surface area contributed by atoms with Gasteiger partial charge in [-0.3, -0.25) is 9.59 Å². The van der Waals surface area contributed by atoms with Gasteiger partial charge in [-0.1, -0.05) is 48.5 Å². The monoisotopic (exact) mass is 415 g/mol. The molecule has 0 saturated carbocycles. The SMILES string of the molecule is CS(=O)(=O)N[C@@H]1CCCN(C(=O)[C@H](NC(=O)c2ccccc2)c2ccccc2)C1. The molecule has 2 aromatic rings. The molecule has 0 aromatic heterocycles. The van der Waals surface area contributed by atoms with E-state index in [0.717, 1.165) is 6.26 Å². The van der Waals surface area contributed by atoms with Crippen LogP contribution in [0.15, 0.2) is 60.7 Å². The minimum absolute atomic E-state index is 0.250. The van der Waals surface area contributed by atoms with Gasteiger partial charge in [0.1, 0.15) is 6.04 Å². The molecule has 1 fully saturated rings. The molecular weight excluding hydrogens is 390 g/mol. The number of amides is 2. The summed E-state index contributed by atoms with van der Waals surface area (Å²) in [4.78, 5) is 27.6. The van der Waals surface area contributed by atoms with Crippen LogP contribution in [0.5, 0.6) is 0 Å². The number of hydrogen-bond acceptors (Lipinski definition) is 4. The van der Waals surface area contributed by atoms with Crippen LogP contribution < -0.4 is 10.0 Å². The summed E-state index contributed by atoms with van der Waals surface area (Å²) in [7, 11) is -3.36. The van der Waals surface area contributed by atoms with Crippen LogP contribution in [0.1, 0.15) is 34.8 Å². The second-order valence-electron chi connectivity index (χ2n) is 7.20. The number of nitrogens with zero attached hydrogens (tertiary/aromatic N) is 1. The molecule has 2 amide bonds. The van der Waals surface area contributed by atoms with Crippen LogP contribution in [0.2, 0.25) is 0 Å². The summed E-state index contributed by atoms with van der Waals surface area (Å²) in [6.45, 7) is 0.793. The molecule has 1 heterocycles. The topological polar surface area (TPSA) is 95.6 Å². The van der Waals surface area contributed by atoms with E-state index < -0.39 is 16.1 Å². The van der Waals surface area contributed by atoms with Crippen LogP contribution >= 0.6 is 0 Å². The first-order valence-electron chi connectivity index (χ1n) is 9.50. The molecule has 0 radical (unpaired) electrons. The number of piperidine rings is 1. The standard InChI is InChI=1S/C21H25N3O4S/c1-29(27,28)23-18-13-8-14-24(15-18)21(26)19(16-9-4-2-5-10-16)22-20(25)17-11-6-3-7-12-17/h2-7,9-12,18-19,23H,8,13-15H2,1H3,(H,22,25)/t18-,19-/m1/s1. The second kappa shape index (κ2) is 9.19. The number of hydrogen-bond donors (Lipinski definition) is 2. The van der Waals surface area contributed by atoms with Crippen LogP contribution in [0.25, 0.3) is 0 Å². The van der Waals surface area contributed by atoms with Crippen LogP contribution in [0, 0.1) is 0 Å². The quantitative estimate of drug-likeness (QED) is 0.751. The van der Waals surface area contributed by atoms with Gasteiger partial charge < -0.3 is 10.2 Å². The van der Waals surface area contributed by atoms with Crippen molar-refractivity contribution in [1.29, 1.82) is 0 Å². The van der Waals surface area contributed by atoms with Gasteiger partial charge >= 0.3 is 0 Å². The Hall–Kier alpha value is -2.71. The number of rotatable bonds is 6. The Morgan fingerprint density at radius 1 is 1.03 bits per heavy atom. The molecule has 1 aliphatic rings. The third-order valence-corrected chi connectivity index (χ3v) is 5.57. The lowest BCUT2D eigenvalue weighted by molar-refractivity contribution is -0.134. The summed E-state index contributed by atoms with van der Waals surface area (Å²) < 4.78 is 25.7. The van der Waals surface area contributed by atoms with E-state index in [-0.39, 0.29) is 24.4 Å². The predicted octanol–water partition coefficient (Wildman–Crippen LogP) is 1.70. The molecule has 7 nitrogen and oxygen atoms in total. The Morgan fingerprint density at radius 3 is 2.28 bits per heavy atom. The lowest BCUT2D eigenvalue weighted by Crippen LogP contribution is -2.52. The Morgan fingerprint density at radius 2 is 1.66 bits per heavy atom. The molecule has 154 valence electrons. The zero-order valence-electron chi connectivity index (χ0n) is 16.2. The van der Waals surface area contributed by atoms with E-state index in [0.29, 0.717) is 30.5 Å². The zero-order valence-corrected chi connectivity index (χ0v) is 17.1. The molecular formula is C21H25N3O4S. The van der Waals surface area contributed by atoms with Gasteiger partial charge in [0.15, 0.2) is 0 Å². The van der Waals surface area contributed by atoms with Gasteiger partial charge in [0, 0.05) is 24.7 Å². The van der Waals surface area contributed by atoms with Crippen LogP contribution in [-0.4, -0.2) is 50.5 Å². The molecule has 0 unspecified atom stereocenters. The van der Waals surface area contributed by atoms with E-state index in [1.54, 1.807) is 41.3 Å². The molecule has 0 spiro atoms. The smallest absolute Gasteiger partial charge is 0.252 e. The first-order valence-corrected chi connectivity index (χ1v) is 11.4. The maximum absolute atomic E-state index is 13.3. The highest BCUT2D eigenvalue weighted by Gasteiger charge is 2.32. The largest absolute Gasteiger partial charge is 0.339 e. The molecule has 1 aliphatic heterocycles. The Kier molecular flexibility index (Phi) is 6.66. The van der Waals surface area contributed by atoms with E-state index >= 15 is 0 Å². The van der Waals surface area contributed by atoms with Crippen molar-refractivity contribution in [2.75, 3.05) is 19.3 Å². The number of carbonyl (C=O) groups excluding carboxylic acids is 2. The highest BCUT2D eigenvalue weighted by atomic mass is 32.2. The number of carbonyl (C=O) groups is 2. The normalized spacial score (nSPS) is 18.1. The summed E-state index contributed by atoms with van der Waals surface area (Å²) in [6, 6.07) is 16.6. The van der Waals surface area contributed by atoms with Gasteiger partial charge in [-0.05, 0) is 30.5 Å². The zero-order chi connectivity index (χ0) is 20.9. The average Bonchev–Trinajstić information content (AvgIpc) is 2.71. The minimum atomic E-state index is -3.36. The second-order valence-corrected chi connectivity index (χ2v) is 8.98. The minimum Gasteiger partial charge on any atom is -0.339 e. The van der Waals surface area contributed by atoms with Gasteiger partial charge in [-0.25, -0.2) is 13.1 Å². The molecule has 2 atom stereocenters. The lowest BCUT2D eigenvalue weighted by atomic mass is 10.0. The number of sulfonamides is 1. The van der Waals surface area contributed by atoms with Crippen molar-refractivity contribution in [3.05, 3.63) is 71.8 Å². The highest BCUT2D eigenvalue weighted by molar-refractivity contribution is 7.88. The molecule has 29 heavy (non-hydrogen) atoms. The predicted molar refractivity (Wildman–Crippen MR) is 111 cm³/mol. The van der Waals surface area contributed by atoms with E-state index in [1.807, 2.05) is 24.3 Å². The third-order valence-electron chi connectivity index (χ3n) is 4.81. The number of nitrogens with one attached hydrogen (secondary N) is 2. The molecule has 3 rings (SSSR count). The van der Waals surface area contributed by atoms with Crippen molar-refractivity contribution in [3.63, 3.8) is 0 Å². The van der Waals surface area contributed by atoms with Crippen LogP contribution in [-0.2, 0) is 14.8 Å². The van der Waals surface area contributed by atoms with Crippen molar-refractivity contribution in [2.45, 2.75) is 24.9 Å². The van der Waals surface area contributed by atoms with Gasteiger partial charge in [-0.2, -0.15) is 0 Å². The molecule has 1 saturated heterocycles. The number of benzene rings is 2. The molecule has 2 N–H and O–H groups in total. The molecule has 0 bridgehead atoms. The summed E-state index contributed by atoms with van der Waals surface area (Å²) in [5, 5.41) is 2.84. The summed E-state index contributed by atoms with van der Waals surface area (Å²) >= 11 is 0. The molecule has 0 aliphatic carbocycles. The Balaban J connectivity index is 1.80. The first-order chi connectivity index (χ1) is 13.8. The van der Waals surface area contributed by atoms with Crippen LogP contribution in [0.3, 0.4) is 0 Å². The Labute approximate surface area is 171 Å². The molecule has 2 aromatic carbocycles. The van der Waals surface area contributed by atoms with Gasteiger partial charge in [-0.15, -0.1) is 0 Å². The summed E-state index contributed by atoms with van der Waals surface area (Å²) in [5.41, 5.74) is 1.15. The summed E-state index contributed by atoms with van der Waals surface area (Å²) in [5.74, 6) is -0.587. The van der Waals surface area contributed by atoms with Crippen molar-refractivity contribution in [1.82, 2.24) is 14.9 Å². The van der Waals surface area contributed by atoms with Crippen molar-refractivity contribution in [3.8, 4) is 0 Å². The van der Waals surface area contributed by atoms with E-state index in [4.69, 9.17) is 0 Å². The fraction of sp³-hybridized carbons (Fsp3) is 0.333. The van der Waals surface area contributed by atoms with Gasteiger partial charge in [0.2, 0.25) is 15.9 Å². The lowest BCUT2D eigenvalue weighted by Gasteiger charge is -2.35. The van der Waals surface area contributed by atoms with E-state index in [1.165, 1.54) is 0 Å². The van der Waals surface area contributed by atoms with Crippen LogP contribution in [0.4, 0.5) is 0 Å². The summed E-state index contributed by atoms with van der Waals surface area (Å²) in [6.07, 6.45) is 2.47. The van der Waals surface area contributed by atoms with Crippen molar-refractivity contribution >= 4 is 21.8 Å². The fourth-order valence-corrected chi connectivity index (χ4v) is 4.29. The fourth-order valence-electron chi connectivity index (χ4n) is 3.50. The van der Waals surface area contributed by atoms with E-state index in [2.05, 4.69) is 10.0 Å². The third kappa shape index (κ3) is 5.88.